The molecule has 0 unspecified atom stereocenters. The van der Waals surface area contributed by atoms with E-state index >= 15 is 0 Å². The largest absolute Gasteiger partial charge is 0.379 e. The molecule has 0 aliphatic rings. The normalized spacial score (nSPS) is 11.4. The maximum Gasteiger partial charge on any atom is 0.158 e. The summed E-state index contributed by atoms with van der Waals surface area (Å²) in [5.41, 5.74) is 4.90. The summed E-state index contributed by atoms with van der Waals surface area (Å²) in [6.07, 6.45) is 3.73. The van der Waals surface area contributed by atoms with E-state index in [2.05, 4.69) is 40.3 Å². The van der Waals surface area contributed by atoms with Gasteiger partial charge in [-0.1, -0.05) is 0 Å². The molecule has 0 saturated carbocycles. The summed E-state index contributed by atoms with van der Waals surface area (Å²) in [4.78, 5) is 10.0. The highest BCUT2D eigenvalue weighted by atomic mass is 32.1. The van der Waals surface area contributed by atoms with Crippen molar-refractivity contribution < 1.29 is 0 Å². The lowest BCUT2D eigenvalue weighted by molar-refractivity contribution is 0.546. The number of anilines is 1. The van der Waals surface area contributed by atoms with E-state index in [0.717, 1.165) is 29.0 Å². The predicted octanol–water partition coefficient (Wildman–Crippen LogP) is 3.39. The summed E-state index contributed by atoms with van der Waals surface area (Å²) in [5.74, 6) is 0. The van der Waals surface area contributed by atoms with Gasteiger partial charge in [0.1, 0.15) is 0 Å². The van der Waals surface area contributed by atoms with Crippen LogP contribution in [0.4, 0.5) is 5.69 Å². The number of hydrogen-bond acceptors (Lipinski definition) is 5. The van der Waals surface area contributed by atoms with E-state index in [0.29, 0.717) is 6.04 Å². The summed E-state index contributed by atoms with van der Waals surface area (Å²) < 4.78 is 1.94. The van der Waals surface area contributed by atoms with Gasteiger partial charge in [0.25, 0.3) is 0 Å². The van der Waals surface area contributed by atoms with Crippen LogP contribution < -0.4 is 5.32 Å². The monoisotopic (exact) mass is 287 g/mol. The Balaban J connectivity index is 1.81. The van der Waals surface area contributed by atoms with Crippen molar-refractivity contribution in [1.29, 1.82) is 0 Å². The van der Waals surface area contributed by atoms with Crippen molar-refractivity contribution in [1.82, 2.24) is 19.7 Å². The molecule has 0 spiro atoms. The van der Waals surface area contributed by atoms with Crippen LogP contribution >= 0.6 is 11.3 Å². The first-order chi connectivity index (χ1) is 9.65. The Bertz CT molecular complexity index is 728. The fourth-order valence-corrected chi connectivity index (χ4v) is 2.81. The van der Waals surface area contributed by atoms with Gasteiger partial charge in [0, 0.05) is 16.3 Å². The zero-order valence-electron chi connectivity index (χ0n) is 11.8. The number of nitrogens with zero attached hydrogens (tertiary/aromatic N) is 4. The molecule has 0 amide bonds. The Morgan fingerprint density at radius 1 is 1.30 bits per heavy atom. The Labute approximate surface area is 121 Å². The highest BCUT2D eigenvalue weighted by Crippen LogP contribution is 2.20. The molecule has 3 rings (SSSR count). The van der Waals surface area contributed by atoms with Gasteiger partial charge in [-0.25, -0.2) is 14.6 Å². The summed E-state index contributed by atoms with van der Waals surface area (Å²) >= 11 is 1.67. The molecule has 5 nitrogen and oxygen atoms in total. The standard InChI is InChI=1S/C14H17N5S/c1-9(2)19-14-11(5-18-19)4-12(6-16-14)15-7-13-10(3)17-8-20-13/h4-6,8-9,15H,7H2,1-3H3. The highest BCUT2D eigenvalue weighted by molar-refractivity contribution is 7.09. The quantitative estimate of drug-likeness (QED) is 0.799. The molecule has 3 aromatic rings. The zero-order valence-corrected chi connectivity index (χ0v) is 12.6. The molecule has 0 aliphatic heterocycles. The van der Waals surface area contributed by atoms with Crippen LogP contribution in [0.3, 0.4) is 0 Å². The Hall–Kier alpha value is -1.95. The van der Waals surface area contributed by atoms with Gasteiger partial charge in [-0.3, -0.25) is 0 Å². The average Bonchev–Trinajstić information content (AvgIpc) is 3.02. The molecule has 0 bridgehead atoms. The van der Waals surface area contributed by atoms with Gasteiger partial charge in [0.15, 0.2) is 5.65 Å². The van der Waals surface area contributed by atoms with Gasteiger partial charge in [0.05, 0.1) is 35.8 Å². The van der Waals surface area contributed by atoms with Gasteiger partial charge in [-0.2, -0.15) is 5.10 Å². The molecule has 3 heterocycles. The predicted molar refractivity (Wildman–Crippen MR) is 82.1 cm³/mol. The third kappa shape index (κ3) is 2.38. The average molecular weight is 287 g/mol. The first kappa shape index (κ1) is 13.1. The van der Waals surface area contributed by atoms with Crippen molar-refractivity contribution in [3.63, 3.8) is 0 Å². The summed E-state index contributed by atoms with van der Waals surface area (Å²) in [5, 5.41) is 8.83. The Morgan fingerprint density at radius 3 is 2.85 bits per heavy atom. The number of nitrogens with one attached hydrogen (secondary N) is 1. The van der Waals surface area contributed by atoms with Crippen LogP contribution in [0.1, 0.15) is 30.5 Å². The van der Waals surface area contributed by atoms with Crippen molar-refractivity contribution in [2.45, 2.75) is 33.4 Å². The summed E-state index contributed by atoms with van der Waals surface area (Å²) in [6, 6.07) is 2.41. The number of aryl methyl sites for hydroxylation is 1. The van der Waals surface area contributed by atoms with Crippen LogP contribution in [0.25, 0.3) is 11.0 Å². The van der Waals surface area contributed by atoms with E-state index in [9.17, 15) is 0 Å². The van der Waals surface area contributed by atoms with Crippen LogP contribution in [0.5, 0.6) is 0 Å². The fraction of sp³-hybridized carbons (Fsp3) is 0.357. The number of hydrogen-bond donors (Lipinski definition) is 1. The molecule has 1 N–H and O–H groups in total. The van der Waals surface area contributed by atoms with E-state index in [1.807, 2.05) is 29.5 Å². The van der Waals surface area contributed by atoms with E-state index < -0.39 is 0 Å². The molecule has 20 heavy (non-hydrogen) atoms. The SMILES string of the molecule is Cc1ncsc1CNc1cnc2c(cnn2C(C)C)c1. The molecular weight excluding hydrogens is 270 g/mol. The second-order valence-electron chi connectivity index (χ2n) is 5.03. The molecule has 0 saturated heterocycles. The molecule has 3 aromatic heterocycles. The molecule has 0 fully saturated rings. The number of fused-ring (bicyclic) bond motifs is 1. The second kappa shape index (κ2) is 5.20. The topological polar surface area (TPSA) is 55.6 Å². The van der Waals surface area contributed by atoms with Gasteiger partial charge in [-0.05, 0) is 26.8 Å². The smallest absolute Gasteiger partial charge is 0.158 e. The van der Waals surface area contributed by atoms with Crippen molar-refractivity contribution >= 4 is 28.1 Å². The van der Waals surface area contributed by atoms with Crippen LogP contribution in [-0.2, 0) is 6.54 Å². The van der Waals surface area contributed by atoms with Crippen molar-refractivity contribution in [3.8, 4) is 0 Å². The van der Waals surface area contributed by atoms with E-state index in [1.165, 1.54) is 4.88 Å². The van der Waals surface area contributed by atoms with Crippen LogP contribution in [0.15, 0.2) is 24.0 Å². The minimum atomic E-state index is 0.318. The van der Waals surface area contributed by atoms with Crippen molar-refractivity contribution in [2.24, 2.45) is 0 Å². The van der Waals surface area contributed by atoms with Crippen LogP contribution in [0.2, 0.25) is 0 Å². The zero-order chi connectivity index (χ0) is 14.1. The molecule has 0 radical (unpaired) electrons. The lowest BCUT2D eigenvalue weighted by Gasteiger charge is -2.08. The minimum Gasteiger partial charge on any atom is -0.379 e. The lowest BCUT2D eigenvalue weighted by Crippen LogP contribution is -2.04. The fourth-order valence-electron chi connectivity index (χ4n) is 2.09. The van der Waals surface area contributed by atoms with Gasteiger partial charge < -0.3 is 5.32 Å². The minimum absolute atomic E-state index is 0.318. The van der Waals surface area contributed by atoms with E-state index in [-0.39, 0.29) is 0 Å². The maximum absolute atomic E-state index is 4.51. The molecule has 104 valence electrons. The third-order valence-corrected chi connectivity index (χ3v) is 4.16. The first-order valence-electron chi connectivity index (χ1n) is 6.61. The molecule has 6 heteroatoms. The van der Waals surface area contributed by atoms with Crippen molar-refractivity contribution in [2.75, 3.05) is 5.32 Å². The summed E-state index contributed by atoms with van der Waals surface area (Å²) in [7, 11) is 0. The van der Waals surface area contributed by atoms with Crippen LogP contribution in [0, 0.1) is 6.92 Å². The molecule has 0 aromatic carbocycles. The maximum atomic E-state index is 4.51. The summed E-state index contributed by atoms with van der Waals surface area (Å²) in [6.45, 7) is 7.02. The third-order valence-electron chi connectivity index (χ3n) is 3.22. The van der Waals surface area contributed by atoms with Crippen molar-refractivity contribution in [3.05, 3.63) is 34.5 Å². The first-order valence-corrected chi connectivity index (χ1v) is 7.49. The Morgan fingerprint density at radius 2 is 2.15 bits per heavy atom. The highest BCUT2D eigenvalue weighted by Gasteiger charge is 2.08. The van der Waals surface area contributed by atoms with Gasteiger partial charge >= 0.3 is 0 Å². The van der Waals surface area contributed by atoms with E-state index in [4.69, 9.17) is 0 Å². The number of rotatable bonds is 4. The Kier molecular flexibility index (Phi) is 3.40. The van der Waals surface area contributed by atoms with Crippen LogP contribution in [-0.4, -0.2) is 19.7 Å². The number of thiazole rings is 1. The number of aromatic nitrogens is 4. The van der Waals surface area contributed by atoms with Gasteiger partial charge in [-0.15, -0.1) is 11.3 Å². The van der Waals surface area contributed by atoms with E-state index in [1.54, 1.807) is 11.3 Å². The molecular formula is C14H17N5S. The second-order valence-corrected chi connectivity index (χ2v) is 5.97. The lowest BCUT2D eigenvalue weighted by atomic mass is 10.3. The molecule has 0 atom stereocenters. The number of pyridine rings is 1. The van der Waals surface area contributed by atoms with Gasteiger partial charge in [0.2, 0.25) is 0 Å². The molecule has 0 aliphatic carbocycles.